The summed E-state index contributed by atoms with van der Waals surface area (Å²) in [6, 6.07) is 0.298. The molecule has 0 radical (unpaired) electrons. The maximum absolute atomic E-state index is 5.85. The van der Waals surface area contributed by atoms with Gasteiger partial charge in [0, 0.05) is 30.9 Å². The van der Waals surface area contributed by atoms with Crippen LogP contribution in [0.25, 0.3) is 0 Å². The Balaban J connectivity index is 2.65. The van der Waals surface area contributed by atoms with E-state index in [0.717, 1.165) is 13.1 Å². The van der Waals surface area contributed by atoms with E-state index in [9.17, 15) is 0 Å². The normalized spacial score (nSPS) is 13.3. The van der Waals surface area contributed by atoms with E-state index in [1.807, 2.05) is 10.9 Å². The number of hydrogen-bond donors (Lipinski definition) is 1. The summed E-state index contributed by atoms with van der Waals surface area (Å²) in [7, 11) is 2.14. The topological polar surface area (TPSA) is 47.1 Å². The number of unbranched alkanes of at least 4 members (excludes halogenated alkanes) is 1. The van der Waals surface area contributed by atoms with Crippen LogP contribution in [0.4, 0.5) is 0 Å². The Morgan fingerprint density at radius 3 is 2.75 bits per heavy atom. The molecule has 1 atom stereocenters. The molecule has 0 aromatic carbocycles. The van der Waals surface area contributed by atoms with Gasteiger partial charge in [-0.05, 0) is 26.9 Å². The molecule has 4 nitrogen and oxygen atoms in total. The van der Waals surface area contributed by atoms with Gasteiger partial charge in [0.05, 0.1) is 6.20 Å². The molecule has 0 amide bonds. The van der Waals surface area contributed by atoms with Crippen LogP contribution in [-0.4, -0.2) is 34.8 Å². The number of nitrogens with zero attached hydrogens (tertiary/aromatic N) is 3. The van der Waals surface area contributed by atoms with Gasteiger partial charge < -0.3 is 5.73 Å². The van der Waals surface area contributed by atoms with E-state index in [4.69, 9.17) is 5.73 Å². The maximum Gasteiger partial charge on any atom is 0.0538 e. The molecule has 1 rings (SSSR count). The van der Waals surface area contributed by atoms with E-state index < -0.39 is 0 Å². The number of likely N-dealkylation sites (N-methyl/N-ethyl adjacent to an activating group) is 1. The van der Waals surface area contributed by atoms with E-state index in [0.29, 0.717) is 12.6 Å². The maximum atomic E-state index is 5.85. The predicted molar refractivity (Wildman–Crippen MR) is 67.2 cm³/mol. The van der Waals surface area contributed by atoms with Crippen LogP contribution in [0.2, 0.25) is 0 Å². The van der Waals surface area contributed by atoms with E-state index >= 15 is 0 Å². The molecule has 1 aromatic heterocycles. The van der Waals surface area contributed by atoms with Gasteiger partial charge in [-0.3, -0.25) is 9.58 Å². The zero-order valence-electron chi connectivity index (χ0n) is 10.7. The van der Waals surface area contributed by atoms with Crippen molar-refractivity contribution < 1.29 is 0 Å². The van der Waals surface area contributed by atoms with Gasteiger partial charge >= 0.3 is 0 Å². The Labute approximate surface area is 98.4 Å². The zero-order valence-corrected chi connectivity index (χ0v) is 10.7. The summed E-state index contributed by atoms with van der Waals surface area (Å²) >= 11 is 0. The number of rotatable bonds is 7. The third kappa shape index (κ3) is 3.32. The fourth-order valence-electron chi connectivity index (χ4n) is 1.86. The number of hydrogen-bond acceptors (Lipinski definition) is 3. The molecular weight excluding hydrogens is 200 g/mol. The minimum absolute atomic E-state index is 0.298. The van der Waals surface area contributed by atoms with Crippen LogP contribution in [0.5, 0.6) is 0 Å². The van der Waals surface area contributed by atoms with Crippen LogP contribution in [-0.2, 0) is 6.54 Å². The van der Waals surface area contributed by atoms with Crippen LogP contribution in [0.15, 0.2) is 12.4 Å². The van der Waals surface area contributed by atoms with Crippen molar-refractivity contribution in [1.82, 2.24) is 14.7 Å². The molecule has 1 heterocycles. The highest BCUT2D eigenvalue weighted by atomic mass is 15.3. The molecule has 4 heteroatoms. The van der Waals surface area contributed by atoms with Gasteiger partial charge in [-0.1, -0.05) is 13.3 Å². The summed E-state index contributed by atoms with van der Waals surface area (Å²) < 4.78 is 1.95. The van der Waals surface area contributed by atoms with Crippen LogP contribution < -0.4 is 5.73 Å². The Bertz CT molecular complexity index is 295. The van der Waals surface area contributed by atoms with Crippen molar-refractivity contribution in [2.45, 2.75) is 39.3 Å². The van der Waals surface area contributed by atoms with Gasteiger partial charge in [-0.2, -0.15) is 5.10 Å². The standard InChI is InChI=1S/C12H24N4/c1-4-6-7-15(3)12(8-13)11-9-14-16(5-2)10-11/h9-10,12H,4-8,13H2,1-3H3. The minimum atomic E-state index is 0.298. The molecule has 0 aliphatic rings. The number of aromatic nitrogens is 2. The molecule has 0 aliphatic heterocycles. The second-order valence-electron chi connectivity index (χ2n) is 4.22. The number of aryl methyl sites for hydroxylation is 1. The van der Waals surface area contributed by atoms with E-state index in [1.165, 1.54) is 18.4 Å². The van der Waals surface area contributed by atoms with Crippen molar-refractivity contribution in [2.24, 2.45) is 5.73 Å². The Morgan fingerprint density at radius 2 is 2.25 bits per heavy atom. The first-order chi connectivity index (χ1) is 7.72. The largest absolute Gasteiger partial charge is 0.329 e. The number of nitrogens with two attached hydrogens (primary N) is 1. The Hall–Kier alpha value is -0.870. The first-order valence-corrected chi connectivity index (χ1v) is 6.15. The second kappa shape index (κ2) is 6.66. The second-order valence-corrected chi connectivity index (χ2v) is 4.22. The molecule has 2 N–H and O–H groups in total. The third-order valence-corrected chi connectivity index (χ3v) is 2.98. The molecule has 0 spiro atoms. The van der Waals surface area contributed by atoms with Crippen molar-refractivity contribution in [2.75, 3.05) is 20.1 Å². The van der Waals surface area contributed by atoms with Crippen LogP contribution in [0.3, 0.4) is 0 Å². The molecule has 0 aliphatic carbocycles. The average molecular weight is 224 g/mol. The van der Waals surface area contributed by atoms with Gasteiger partial charge in [0.2, 0.25) is 0 Å². The molecule has 1 aromatic rings. The van der Waals surface area contributed by atoms with Gasteiger partial charge in [0.25, 0.3) is 0 Å². The molecule has 1 unspecified atom stereocenters. The van der Waals surface area contributed by atoms with Gasteiger partial charge in [-0.25, -0.2) is 0 Å². The average Bonchev–Trinajstić information content (AvgIpc) is 2.76. The fourth-order valence-corrected chi connectivity index (χ4v) is 1.86. The molecule has 0 saturated carbocycles. The molecule has 0 saturated heterocycles. The highest BCUT2D eigenvalue weighted by Crippen LogP contribution is 2.17. The fraction of sp³-hybridized carbons (Fsp3) is 0.750. The molecular formula is C12H24N4. The molecule has 0 bridgehead atoms. The van der Waals surface area contributed by atoms with Crippen molar-refractivity contribution in [3.05, 3.63) is 18.0 Å². The summed E-state index contributed by atoms with van der Waals surface area (Å²) in [4.78, 5) is 2.32. The lowest BCUT2D eigenvalue weighted by atomic mass is 10.1. The predicted octanol–water partition coefficient (Wildman–Crippen LogP) is 1.63. The van der Waals surface area contributed by atoms with Crippen LogP contribution in [0, 0.1) is 0 Å². The summed E-state index contributed by atoms with van der Waals surface area (Å²) in [6.07, 6.45) is 6.47. The lowest BCUT2D eigenvalue weighted by Crippen LogP contribution is -2.31. The van der Waals surface area contributed by atoms with Crippen molar-refractivity contribution >= 4 is 0 Å². The van der Waals surface area contributed by atoms with Crippen molar-refractivity contribution in [3.63, 3.8) is 0 Å². The van der Waals surface area contributed by atoms with Crippen LogP contribution in [0.1, 0.15) is 38.3 Å². The van der Waals surface area contributed by atoms with Gasteiger partial charge in [0.1, 0.15) is 0 Å². The van der Waals surface area contributed by atoms with Crippen molar-refractivity contribution in [1.29, 1.82) is 0 Å². The van der Waals surface area contributed by atoms with Crippen LogP contribution >= 0.6 is 0 Å². The van der Waals surface area contributed by atoms with Gasteiger partial charge in [-0.15, -0.1) is 0 Å². The molecule has 16 heavy (non-hydrogen) atoms. The minimum Gasteiger partial charge on any atom is -0.329 e. The monoisotopic (exact) mass is 224 g/mol. The van der Waals surface area contributed by atoms with E-state index in [2.05, 4.69) is 37.1 Å². The summed E-state index contributed by atoms with van der Waals surface area (Å²) in [5.41, 5.74) is 7.07. The quantitative estimate of drug-likeness (QED) is 0.766. The Morgan fingerprint density at radius 1 is 1.50 bits per heavy atom. The summed E-state index contributed by atoms with van der Waals surface area (Å²) in [5, 5.41) is 4.30. The molecule has 0 fully saturated rings. The third-order valence-electron chi connectivity index (χ3n) is 2.98. The highest BCUT2D eigenvalue weighted by molar-refractivity contribution is 5.11. The zero-order chi connectivity index (χ0) is 12.0. The first kappa shape index (κ1) is 13.2. The Kier molecular flexibility index (Phi) is 5.49. The molecule has 92 valence electrons. The van der Waals surface area contributed by atoms with Gasteiger partial charge in [0.15, 0.2) is 0 Å². The highest BCUT2D eigenvalue weighted by Gasteiger charge is 2.16. The van der Waals surface area contributed by atoms with E-state index in [-0.39, 0.29) is 0 Å². The summed E-state index contributed by atoms with van der Waals surface area (Å²) in [5.74, 6) is 0. The van der Waals surface area contributed by atoms with E-state index in [1.54, 1.807) is 0 Å². The lowest BCUT2D eigenvalue weighted by molar-refractivity contribution is 0.246. The first-order valence-electron chi connectivity index (χ1n) is 6.15. The SMILES string of the molecule is CCCCN(C)C(CN)c1cnn(CC)c1. The van der Waals surface area contributed by atoms with Crippen molar-refractivity contribution in [3.8, 4) is 0 Å². The lowest BCUT2D eigenvalue weighted by Gasteiger charge is -2.25. The smallest absolute Gasteiger partial charge is 0.0538 e. The summed E-state index contributed by atoms with van der Waals surface area (Å²) in [6.45, 7) is 6.96.